The van der Waals surface area contributed by atoms with E-state index in [0.29, 0.717) is 23.9 Å². The van der Waals surface area contributed by atoms with Crippen LogP contribution in [0.3, 0.4) is 0 Å². The molecule has 0 fully saturated rings. The van der Waals surface area contributed by atoms with E-state index in [9.17, 15) is 26.7 Å². The molecule has 1 atom stereocenters. The van der Waals surface area contributed by atoms with Crippen LogP contribution in [0.15, 0.2) is 59.4 Å². The summed E-state index contributed by atoms with van der Waals surface area (Å²) in [6, 6.07) is 7.09. The van der Waals surface area contributed by atoms with Gasteiger partial charge in [-0.1, -0.05) is 18.1 Å². The zero-order chi connectivity index (χ0) is 33.9. The highest BCUT2D eigenvalue weighted by atomic mass is 35.5. The van der Waals surface area contributed by atoms with Gasteiger partial charge in [0.05, 0.1) is 57.8 Å². The van der Waals surface area contributed by atoms with E-state index in [2.05, 4.69) is 25.5 Å². The molecule has 0 saturated heterocycles. The van der Waals surface area contributed by atoms with Crippen LogP contribution >= 0.6 is 0 Å². The van der Waals surface area contributed by atoms with Crippen molar-refractivity contribution in [1.29, 1.82) is 0 Å². The van der Waals surface area contributed by atoms with Crippen molar-refractivity contribution >= 4 is 5.91 Å². The Morgan fingerprint density at radius 1 is 1.04 bits per heavy atom. The number of hydrogen-bond donors (Lipinski definition) is 1. The molecule has 0 aliphatic carbocycles. The summed E-state index contributed by atoms with van der Waals surface area (Å²) < 4.78 is 83.5. The van der Waals surface area contributed by atoms with Crippen molar-refractivity contribution in [2.24, 2.45) is 0 Å². The number of nitrogens with one attached hydrogen (secondary N) is 1. The number of ether oxygens (including phenoxy) is 1. The van der Waals surface area contributed by atoms with Crippen LogP contribution in [0.4, 0.5) is 22.0 Å². The highest BCUT2D eigenvalue weighted by Crippen LogP contribution is 2.40. The largest absolute Gasteiger partial charge is 1.00 e. The van der Waals surface area contributed by atoms with Crippen molar-refractivity contribution in [3.05, 3.63) is 77.8 Å². The van der Waals surface area contributed by atoms with Gasteiger partial charge in [0, 0.05) is 24.6 Å². The van der Waals surface area contributed by atoms with Crippen LogP contribution in [-0.4, -0.2) is 76.1 Å². The first-order valence-corrected chi connectivity index (χ1v) is 14.8. The number of rotatable bonds is 12. The van der Waals surface area contributed by atoms with Gasteiger partial charge >= 0.3 is 6.18 Å². The van der Waals surface area contributed by atoms with Gasteiger partial charge in [-0.15, -0.1) is 0 Å². The van der Waals surface area contributed by atoms with Gasteiger partial charge in [-0.05, 0) is 36.8 Å². The highest BCUT2D eigenvalue weighted by molar-refractivity contribution is 5.83. The first-order chi connectivity index (χ1) is 22.2. The number of imidazole rings is 1. The molecule has 5 rings (SSSR count). The van der Waals surface area contributed by atoms with E-state index in [1.54, 1.807) is 0 Å². The third-order valence-electron chi connectivity index (χ3n) is 7.14. The quantitative estimate of drug-likeness (QED) is 0.122. The van der Waals surface area contributed by atoms with Gasteiger partial charge in [0.2, 0.25) is 0 Å². The molecule has 0 spiro atoms. The lowest BCUT2D eigenvalue weighted by atomic mass is 10.0. The zero-order valence-corrected chi connectivity index (χ0v) is 27.2. The zero-order valence-electron chi connectivity index (χ0n) is 26.5. The Hall–Kier alpha value is -4.63. The van der Waals surface area contributed by atoms with Crippen LogP contribution in [0, 0.1) is 11.6 Å². The summed E-state index contributed by atoms with van der Waals surface area (Å²) in [5, 5.41) is 11.0. The molecule has 2 aliphatic rings. The minimum Gasteiger partial charge on any atom is -1.00 e. The lowest BCUT2D eigenvalue weighted by Gasteiger charge is -2.24. The van der Waals surface area contributed by atoms with Crippen molar-refractivity contribution in [1.82, 2.24) is 30.2 Å². The number of alkyl halides is 3. The third-order valence-corrected chi connectivity index (χ3v) is 7.14. The minimum atomic E-state index is -4.74. The van der Waals surface area contributed by atoms with E-state index in [4.69, 9.17) is 9.26 Å². The number of fused-ring (bicyclic) bond motifs is 1. The molecule has 2 aromatic carbocycles. The van der Waals surface area contributed by atoms with Crippen molar-refractivity contribution in [2.45, 2.75) is 32.0 Å². The van der Waals surface area contributed by atoms with Gasteiger partial charge in [-0.25, -0.2) is 18.7 Å². The van der Waals surface area contributed by atoms with E-state index < -0.39 is 35.3 Å². The maximum Gasteiger partial charge on any atom is 0.417 e. The topological polar surface area (TPSA) is 108 Å². The van der Waals surface area contributed by atoms with Crippen molar-refractivity contribution in [2.75, 3.05) is 40.8 Å². The second-order valence-electron chi connectivity index (χ2n) is 11.9. The first-order valence-electron chi connectivity index (χ1n) is 14.8. The van der Waals surface area contributed by atoms with E-state index in [-0.39, 0.29) is 64.6 Å². The van der Waals surface area contributed by atoms with Gasteiger partial charge in [0.25, 0.3) is 5.91 Å². The molecule has 3 aromatic rings. The summed E-state index contributed by atoms with van der Waals surface area (Å²) in [5.41, 5.74) is -1.13. The Labute approximate surface area is 279 Å². The molecular weight excluding hydrogens is 661 g/mol. The third kappa shape index (κ3) is 8.26. The normalized spacial score (nSPS) is 12.5. The van der Waals surface area contributed by atoms with Crippen molar-refractivity contribution < 1.29 is 52.9 Å². The predicted octanol–water partition coefficient (Wildman–Crippen LogP) is 2.99. The maximum absolute atomic E-state index is 14.5. The molecule has 16 heteroatoms. The second-order valence-corrected chi connectivity index (χ2v) is 11.9. The van der Waals surface area contributed by atoms with E-state index >= 15 is 0 Å². The van der Waals surface area contributed by atoms with Crippen LogP contribution in [0.2, 0.25) is 0 Å². The van der Waals surface area contributed by atoms with Crippen LogP contribution in [0.25, 0.3) is 34.0 Å². The summed E-state index contributed by atoms with van der Waals surface area (Å²) in [7, 11) is 6.04. The average molecular weight is 694 g/mol. The Bertz CT molecular complexity index is 1840. The number of nitrogens with zero attached hydrogens (tertiary/aromatic N) is 6. The molecule has 1 amide bonds. The second kappa shape index (κ2) is 14.6. The monoisotopic (exact) mass is 693 g/mol. The minimum absolute atomic E-state index is 0. The number of benzene rings is 2. The predicted molar refractivity (Wildman–Crippen MR) is 161 cm³/mol. The number of carbonyl (C=O) groups is 1. The van der Waals surface area contributed by atoms with E-state index in [1.165, 1.54) is 47.4 Å². The molecule has 0 saturated carbocycles. The summed E-state index contributed by atoms with van der Waals surface area (Å²) in [5.74, 6) is -2.89. The molecule has 0 radical (unpaired) electrons. The van der Waals surface area contributed by atoms with Gasteiger partial charge in [0.1, 0.15) is 22.8 Å². The maximum atomic E-state index is 14.5. The number of halogens is 6. The number of amides is 1. The summed E-state index contributed by atoms with van der Waals surface area (Å²) in [6.07, 6.45) is -0.833. The van der Waals surface area contributed by atoms with Gasteiger partial charge < -0.3 is 31.5 Å². The smallest absolute Gasteiger partial charge is 0.417 e. The fourth-order valence-corrected chi connectivity index (χ4v) is 4.85. The van der Waals surface area contributed by atoms with Crippen LogP contribution < -0.4 is 22.5 Å². The lowest BCUT2D eigenvalue weighted by Crippen LogP contribution is -3.00. The average Bonchev–Trinajstić information content (AvgIpc) is 3.66. The van der Waals surface area contributed by atoms with Gasteiger partial charge in [0.15, 0.2) is 29.3 Å². The lowest BCUT2D eigenvalue weighted by molar-refractivity contribution is -0.870. The number of quaternary nitrogens is 1. The standard InChI is InChI=1S/C32H32F5N7O3.ClH/c1-5-14-46-19-10-11-20(22(15-19)32(35,36)37)24-16-27(47-42-24)29(31(45)38-12-7-13-44(2,3)4)43-18-26-25(17-39-43)40-30(41-26)21-8-6-9-23(33)28(21)34;/h6,8-11,15-18,29H,5,7,12-14H2,1-4H3;1H. The van der Waals surface area contributed by atoms with Crippen molar-refractivity contribution in [3.8, 4) is 39.8 Å². The summed E-state index contributed by atoms with van der Waals surface area (Å²) in [6.45, 7) is 3.14. The number of carbonyl (C=O) groups excluding carboxylic acids is 1. The molecule has 1 unspecified atom stereocenters. The van der Waals surface area contributed by atoms with Gasteiger partial charge in [-0.3, -0.25) is 9.48 Å². The van der Waals surface area contributed by atoms with Crippen LogP contribution in [-0.2, 0) is 11.0 Å². The first kappa shape index (κ1) is 36.2. The Morgan fingerprint density at radius 3 is 2.50 bits per heavy atom. The molecule has 3 heterocycles. The molecule has 1 aromatic heterocycles. The number of hydrogen-bond acceptors (Lipinski definition) is 7. The molecule has 10 nitrogen and oxygen atoms in total. The number of aromatic nitrogens is 5. The highest BCUT2D eigenvalue weighted by Gasteiger charge is 2.36. The Balaban J connectivity index is 0.00000520. The molecule has 48 heavy (non-hydrogen) atoms. The fraction of sp³-hybridized carbons (Fsp3) is 0.344. The Kier molecular flexibility index (Phi) is 11.0. The summed E-state index contributed by atoms with van der Waals surface area (Å²) >= 11 is 0. The van der Waals surface area contributed by atoms with Crippen LogP contribution in [0.5, 0.6) is 5.75 Å². The summed E-state index contributed by atoms with van der Waals surface area (Å²) in [4.78, 5) is 22.2. The van der Waals surface area contributed by atoms with Crippen molar-refractivity contribution in [3.63, 3.8) is 0 Å². The molecule has 2 aliphatic heterocycles. The fourth-order valence-electron chi connectivity index (χ4n) is 4.85. The molecule has 0 bridgehead atoms. The molecular formula is C32H33ClF5N7O3. The van der Waals surface area contributed by atoms with E-state index in [1.807, 2.05) is 28.1 Å². The Morgan fingerprint density at radius 2 is 1.79 bits per heavy atom. The van der Waals surface area contributed by atoms with Crippen LogP contribution in [0.1, 0.15) is 37.1 Å². The molecule has 1 N–H and O–H groups in total. The van der Waals surface area contributed by atoms with E-state index in [0.717, 1.165) is 18.7 Å². The van der Waals surface area contributed by atoms with Gasteiger partial charge in [-0.2, -0.15) is 18.3 Å². The SMILES string of the molecule is CCCOc1ccc(-c2cc(C(C(=O)NCCC[N+](C)(C)C)n3cc4nc(-c5cccc(F)c5F)nc-4cn3)on2)c(C(F)(F)F)c1.[Cl-]. The molecule has 256 valence electrons.